The Morgan fingerprint density at radius 2 is 2.05 bits per heavy atom. The molecule has 1 aliphatic heterocycles. The molecule has 3 rings (SSSR count). The third kappa shape index (κ3) is 3.32. The number of anilines is 1. The fourth-order valence-electron chi connectivity index (χ4n) is 2.89. The minimum Gasteiger partial charge on any atom is -0.508 e. The summed E-state index contributed by atoms with van der Waals surface area (Å²) in [6, 6.07) is 7.56. The van der Waals surface area contributed by atoms with E-state index >= 15 is 0 Å². The van der Waals surface area contributed by atoms with E-state index in [1.165, 1.54) is 11.1 Å². The average molecular weight is 283 g/mol. The summed E-state index contributed by atoms with van der Waals surface area (Å²) < 4.78 is 0. The highest BCUT2D eigenvalue weighted by Gasteiger charge is 2.24. The molecule has 0 amide bonds. The fourth-order valence-corrected chi connectivity index (χ4v) is 2.89. The summed E-state index contributed by atoms with van der Waals surface area (Å²) in [5.41, 5.74) is 2.37. The molecule has 1 saturated heterocycles. The monoisotopic (exact) mass is 283 g/mol. The van der Waals surface area contributed by atoms with Crippen LogP contribution in [-0.4, -0.2) is 28.2 Å². The van der Waals surface area contributed by atoms with Gasteiger partial charge in [-0.25, -0.2) is 9.97 Å². The van der Waals surface area contributed by atoms with Crippen molar-refractivity contribution in [3.05, 3.63) is 47.8 Å². The molecule has 1 unspecified atom stereocenters. The number of rotatable bonds is 4. The summed E-state index contributed by atoms with van der Waals surface area (Å²) in [7, 11) is 0. The topological polar surface area (TPSA) is 49.2 Å². The Hall–Kier alpha value is -2.10. The molecule has 1 N–H and O–H groups in total. The van der Waals surface area contributed by atoms with Crippen LogP contribution in [0, 0.1) is 5.92 Å². The number of hydrogen-bond donors (Lipinski definition) is 1. The lowest BCUT2D eigenvalue weighted by molar-refractivity contribution is 0.473. The summed E-state index contributed by atoms with van der Waals surface area (Å²) in [5.74, 6) is 1.78. The summed E-state index contributed by atoms with van der Waals surface area (Å²) >= 11 is 0. The van der Waals surface area contributed by atoms with E-state index in [2.05, 4.69) is 27.9 Å². The highest BCUT2D eigenvalue weighted by atomic mass is 16.3. The van der Waals surface area contributed by atoms with Crippen LogP contribution >= 0.6 is 0 Å². The average Bonchev–Trinajstić information content (AvgIpc) is 2.96. The molecule has 4 heteroatoms. The van der Waals surface area contributed by atoms with Crippen molar-refractivity contribution in [1.82, 2.24) is 9.97 Å². The third-order valence-corrected chi connectivity index (χ3v) is 4.10. The first-order chi connectivity index (χ1) is 10.2. The number of aromatic nitrogens is 2. The van der Waals surface area contributed by atoms with E-state index in [0.29, 0.717) is 11.7 Å². The molecule has 21 heavy (non-hydrogen) atoms. The van der Waals surface area contributed by atoms with Crippen LogP contribution in [0.2, 0.25) is 0 Å². The minimum atomic E-state index is 0.348. The van der Waals surface area contributed by atoms with Gasteiger partial charge in [0.2, 0.25) is 5.95 Å². The van der Waals surface area contributed by atoms with Crippen LogP contribution in [-0.2, 0) is 12.8 Å². The molecule has 1 aliphatic rings. The second-order valence-electron chi connectivity index (χ2n) is 5.72. The van der Waals surface area contributed by atoms with E-state index in [-0.39, 0.29) is 0 Å². The van der Waals surface area contributed by atoms with Gasteiger partial charge >= 0.3 is 0 Å². The zero-order chi connectivity index (χ0) is 14.7. The molecule has 0 saturated carbocycles. The molecule has 0 aliphatic carbocycles. The van der Waals surface area contributed by atoms with E-state index < -0.39 is 0 Å². The molecule has 1 fully saturated rings. The van der Waals surface area contributed by atoms with Gasteiger partial charge in [0.1, 0.15) is 5.75 Å². The van der Waals surface area contributed by atoms with Crippen molar-refractivity contribution in [2.24, 2.45) is 5.92 Å². The molecule has 0 radical (unpaired) electrons. The highest BCUT2D eigenvalue weighted by molar-refractivity contribution is 5.33. The fraction of sp³-hybridized carbons (Fsp3) is 0.412. The second-order valence-corrected chi connectivity index (χ2v) is 5.72. The van der Waals surface area contributed by atoms with Crippen molar-refractivity contribution in [1.29, 1.82) is 0 Å². The van der Waals surface area contributed by atoms with Gasteiger partial charge in [-0.05, 0) is 48.4 Å². The second kappa shape index (κ2) is 6.12. The van der Waals surface area contributed by atoms with E-state index in [1.807, 2.05) is 24.5 Å². The number of aromatic hydroxyl groups is 1. The van der Waals surface area contributed by atoms with Gasteiger partial charge in [-0.1, -0.05) is 19.1 Å². The molecule has 2 aromatic rings. The van der Waals surface area contributed by atoms with Crippen molar-refractivity contribution < 1.29 is 5.11 Å². The first kappa shape index (κ1) is 13.9. The van der Waals surface area contributed by atoms with Gasteiger partial charge in [0.15, 0.2) is 0 Å². The molecule has 2 heterocycles. The maximum absolute atomic E-state index is 9.54. The molecule has 0 spiro atoms. The van der Waals surface area contributed by atoms with E-state index in [1.54, 1.807) is 6.07 Å². The number of hydrogen-bond acceptors (Lipinski definition) is 4. The van der Waals surface area contributed by atoms with Crippen LogP contribution < -0.4 is 4.90 Å². The smallest absolute Gasteiger partial charge is 0.225 e. The van der Waals surface area contributed by atoms with Gasteiger partial charge in [-0.2, -0.15) is 0 Å². The number of phenolic OH excluding ortho intramolecular Hbond substituents is 1. The first-order valence-electron chi connectivity index (χ1n) is 7.58. The number of aryl methyl sites for hydroxylation is 1. The standard InChI is InChI=1S/C17H21N3O/c1-2-13-10-18-17(19-11-13)20-7-6-15(12-20)8-14-4-3-5-16(21)9-14/h3-5,9-11,15,21H,2,6-8,12H2,1H3. The van der Waals surface area contributed by atoms with Crippen molar-refractivity contribution >= 4 is 5.95 Å². The van der Waals surface area contributed by atoms with Crippen LogP contribution in [0.25, 0.3) is 0 Å². The van der Waals surface area contributed by atoms with E-state index in [9.17, 15) is 5.11 Å². The predicted octanol–water partition coefficient (Wildman–Crippen LogP) is 2.81. The van der Waals surface area contributed by atoms with Crippen molar-refractivity contribution in [3.8, 4) is 5.75 Å². The van der Waals surface area contributed by atoms with Crippen molar-refractivity contribution in [2.75, 3.05) is 18.0 Å². The maximum atomic E-state index is 9.54. The number of phenols is 1. The zero-order valence-corrected chi connectivity index (χ0v) is 12.4. The van der Waals surface area contributed by atoms with E-state index in [4.69, 9.17) is 0 Å². The number of benzene rings is 1. The van der Waals surface area contributed by atoms with Crippen LogP contribution in [0.5, 0.6) is 5.75 Å². The molecule has 1 atom stereocenters. The van der Waals surface area contributed by atoms with Gasteiger partial charge in [0.05, 0.1) is 0 Å². The predicted molar refractivity (Wildman–Crippen MR) is 83.5 cm³/mol. The summed E-state index contributed by atoms with van der Waals surface area (Å²) in [4.78, 5) is 11.2. The SMILES string of the molecule is CCc1cnc(N2CCC(Cc3cccc(O)c3)C2)nc1. The zero-order valence-electron chi connectivity index (χ0n) is 12.4. The molecule has 4 nitrogen and oxygen atoms in total. The van der Waals surface area contributed by atoms with Crippen molar-refractivity contribution in [2.45, 2.75) is 26.2 Å². The first-order valence-corrected chi connectivity index (χ1v) is 7.58. The van der Waals surface area contributed by atoms with Crippen LogP contribution in [0.1, 0.15) is 24.5 Å². The lowest BCUT2D eigenvalue weighted by Crippen LogP contribution is -2.22. The normalized spacial score (nSPS) is 18.1. The Morgan fingerprint density at radius 3 is 2.76 bits per heavy atom. The molecule has 0 bridgehead atoms. The Morgan fingerprint density at radius 1 is 1.24 bits per heavy atom. The van der Waals surface area contributed by atoms with Gasteiger partial charge in [-0.3, -0.25) is 0 Å². The minimum absolute atomic E-state index is 0.348. The Bertz CT molecular complexity index is 597. The Kier molecular flexibility index (Phi) is 4.04. The quantitative estimate of drug-likeness (QED) is 0.937. The maximum Gasteiger partial charge on any atom is 0.225 e. The van der Waals surface area contributed by atoms with Crippen molar-refractivity contribution in [3.63, 3.8) is 0 Å². The molecular formula is C17H21N3O. The molecule has 110 valence electrons. The van der Waals surface area contributed by atoms with Crippen LogP contribution in [0.3, 0.4) is 0 Å². The molecule has 1 aromatic carbocycles. The van der Waals surface area contributed by atoms with Crippen LogP contribution in [0.15, 0.2) is 36.7 Å². The summed E-state index contributed by atoms with van der Waals surface area (Å²) in [6.45, 7) is 4.11. The van der Waals surface area contributed by atoms with E-state index in [0.717, 1.165) is 38.3 Å². The Labute approximate surface area is 125 Å². The molecular weight excluding hydrogens is 262 g/mol. The van der Waals surface area contributed by atoms with Gasteiger partial charge < -0.3 is 10.0 Å². The highest BCUT2D eigenvalue weighted by Crippen LogP contribution is 2.24. The Balaban J connectivity index is 1.62. The number of nitrogens with zero attached hydrogens (tertiary/aromatic N) is 3. The third-order valence-electron chi connectivity index (χ3n) is 4.10. The lowest BCUT2D eigenvalue weighted by atomic mass is 9.99. The van der Waals surface area contributed by atoms with Gasteiger partial charge in [-0.15, -0.1) is 0 Å². The van der Waals surface area contributed by atoms with Gasteiger partial charge in [0.25, 0.3) is 0 Å². The summed E-state index contributed by atoms with van der Waals surface area (Å²) in [5, 5.41) is 9.54. The van der Waals surface area contributed by atoms with Crippen LogP contribution in [0.4, 0.5) is 5.95 Å². The van der Waals surface area contributed by atoms with Gasteiger partial charge in [0, 0.05) is 25.5 Å². The lowest BCUT2D eigenvalue weighted by Gasteiger charge is -2.16. The summed E-state index contributed by atoms with van der Waals surface area (Å²) in [6.07, 6.45) is 6.96. The molecule has 1 aromatic heterocycles. The largest absolute Gasteiger partial charge is 0.508 e.